The van der Waals surface area contributed by atoms with E-state index in [0.717, 1.165) is 0 Å². The van der Waals surface area contributed by atoms with Crippen molar-refractivity contribution in [2.24, 2.45) is 0 Å². The van der Waals surface area contributed by atoms with Gasteiger partial charge in [0.05, 0.1) is 17.9 Å². The van der Waals surface area contributed by atoms with Gasteiger partial charge in [-0.25, -0.2) is 4.79 Å². The molecule has 0 radical (unpaired) electrons. The van der Waals surface area contributed by atoms with Gasteiger partial charge < -0.3 is 20.3 Å². The third-order valence-electron chi connectivity index (χ3n) is 1.81. The van der Waals surface area contributed by atoms with Crippen molar-refractivity contribution >= 4 is 11.7 Å². The Morgan fingerprint density at radius 1 is 1.47 bits per heavy atom. The first-order chi connectivity index (χ1) is 7.15. The van der Waals surface area contributed by atoms with E-state index in [-0.39, 0.29) is 5.56 Å². The second-order valence-electron chi connectivity index (χ2n) is 2.90. The lowest BCUT2D eigenvalue weighted by Crippen LogP contribution is -2.07. The minimum Gasteiger partial charge on any atom is -0.489 e. The predicted octanol–water partition coefficient (Wildman–Crippen LogP) is 0.992. The van der Waals surface area contributed by atoms with E-state index in [1.165, 1.54) is 18.2 Å². The second kappa shape index (κ2) is 5.21. The normalized spacial score (nSPS) is 9.93. The first-order valence-electron chi connectivity index (χ1n) is 4.39. The average Bonchev–Trinajstić information content (AvgIpc) is 2.20. The molecule has 0 bridgehead atoms. The number of ether oxygens (including phenoxy) is 2. The number of aromatic carboxylic acids is 1. The highest BCUT2D eigenvalue weighted by Crippen LogP contribution is 2.22. The topological polar surface area (TPSA) is 81.8 Å². The van der Waals surface area contributed by atoms with E-state index in [4.69, 9.17) is 20.3 Å². The second-order valence-corrected chi connectivity index (χ2v) is 2.90. The Hall–Kier alpha value is -1.75. The number of nitrogens with two attached hydrogens (primary N) is 1. The molecule has 5 nitrogen and oxygen atoms in total. The number of hydrogen-bond acceptors (Lipinski definition) is 4. The first-order valence-corrected chi connectivity index (χ1v) is 4.39. The maximum absolute atomic E-state index is 10.7. The highest BCUT2D eigenvalue weighted by atomic mass is 16.5. The fraction of sp³-hybridized carbons (Fsp3) is 0.300. The average molecular weight is 211 g/mol. The van der Waals surface area contributed by atoms with Gasteiger partial charge in [0.25, 0.3) is 0 Å². The Kier molecular flexibility index (Phi) is 3.93. The Balaban J connectivity index is 2.76. The Morgan fingerprint density at radius 2 is 2.20 bits per heavy atom. The van der Waals surface area contributed by atoms with Crippen LogP contribution >= 0.6 is 0 Å². The molecule has 0 spiro atoms. The standard InChI is InChI=1S/C10H13NO4/c1-14-4-5-15-9-6-7(10(12)13)2-3-8(9)11/h2-3,6H,4-5,11H2,1H3,(H,12,13). The largest absolute Gasteiger partial charge is 0.489 e. The molecule has 0 saturated carbocycles. The number of carbonyl (C=O) groups is 1. The summed E-state index contributed by atoms with van der Waals surface area (Å²) in [5, 5.41) is 8.75. The molecule has 3 N–H and O–H groups in total. The molecule has 0 aliphatic carbocycles. The molecule has 82 valence electrons. The minimum atomic E-state index is -1.01. The fourth-order valence-electron chi connectivity index (χ4n) is 1.03. The maximum Gasteiger partial charge on any atom is 0.335 e. The number of methoxy groups -OCH3 is 1. The van der Waals surface area contributed by atoms with E-state index < -0.39 is 5.97 Å². The highest BCUT2D eigenvalue weighted by Gasteiger charge is 2.07. The number of benzene rings is 1. The van der Waals surface area contributed by atoms with E-state index in [2.05, 4.69) is 0 Å². The van der Waals surface area contributed by atoms with Gasteiger partial charge in [0.15, 0.2) is 0 Å². The van der Waals surface area contributed by atoms with Crippen LogP contribution in [0.3, 0.4) is 0 Å². The van der Waals surface area contributed by atoms with Crippen LogP contribution in [-0.2, 0) is 4.74 Å². The molecule has 0 aliphatic rings. The van der Waals surface area contributed by atoms with E-state index in [0.29, 0.717) is 24.7 Å². The van der Waals surface area contributed by atoms with Gasteiger partial charge in [-0.1, -0.05) is 0 Å². The fourth-order valence-corrected chi connectivity index (χ4v) is 1.03. The molecule has 0 atom stereocenters. The molecule has 1 rings (SSSR count). The Morgan fingerprint density at radius 3 is 2.80 bits per heavy atom. The SMILES string of the molecule is COCCOc1cc(C(=O)O)ccc1N. The van der Waals surface area contributed by atoms with Crippen LogP contribution in [0.15, 0.2) is 18.2 Å². The summed E-state index contributed by atoms with van der Waals surface area (Å²) in [6, 6.07) is 4.33. The van der Waals surface area contributed by atoms with Gasteiger partial charge in [-0.2, -0.15) is 0 Å². The van der Waals surface area contributed by atoms with Gasteiger partial charge in [0.1, 0.15) is 12.4 Å². The first kappa shape index (κ1) is 11.3. The third kappa shape index (κ3) is 3.14. The molecule has 0 saturated heterocycles. The predicted molar refractivity (Wildman–Crippen MR) is 55.2 cm³/mol. The molecule has 1 aromatic rings. The van der Waals surface area contributed by atoms with Crippen LogP contribution in [0, 0.1) is 0 Å². The molecular weight excluding hydrogens is 198 g/mol. The summed E-state index contributed by atoms with van der Waals surface area (Å²) in [6.07, 6.45) is 0. The van der Waals surface area contributed by atoms with Crippen molar-refractivity contribution in [2.45, 2.75) is 0 Å². The molecule has 0 aliphatic heterocycles. The van der Waals surface area contributed by atoms with Crippen molar-refractivity contribution in [3.63, 3.8) is 0 Å². The van der Waals surface area contributed by atoms with Gasteiger partial charge in [-0.05, 0) is 18.2 Å². The van der Waals surface area contributed by atoms with Gasteiger partial charge >= 0.3 is 5.97 Å². The van der Waals surface area contributed by atoms with E-state index in [9.17, 15) is 4.79 Å². The van der Waals surface area contributed by atoms with E-state index in [1.807, 2.05) is 0 Å². The van der Waals surface area contributed by atoms with Crippen LogP contribution in [0.1, 0.15) is 10.4 Å². The van der Waals surface area contributed by atoms with Gasteiger partial charge in [0, 0.05) is 7.11 Å². The van der Waals surface area contributed by atoms with Crippen LogP contribution in [0.5, 0.6) is 5.75 Å². The van der Waals surface area contributed by atoms with Crippen LogP contribution in [0.4, 0.5) is 5.69 Å². The minimum absolute atomic E-state index is 0.150. The molecule has 5 heteroatoms. The lowest BCUT2D eigenvalue weighted by atomic mass is 10.2. The number of carboxylic acids is 1. The number of nitrogen functional groups attached to an aromatic ring is 1. The molecular formula is C10H13NO4. The summed E-state index contributed by atoms with van der Waals surface area (Å²) in [4.78, 5) is 10.7. The summed E-state index contributed by atoms with van der Waals surface area (Å²) in [5.41, 5.74) is 6.18. The number of rotatable bonds is 5. The number of carboxylic acid groups (broad SMARTS) is 1. The zero-order valence-electron chi connectivity index (χ0n) is 8.40. The van der Waals surface area contributed by atoms with Gasteiger partial charge in [-0.15, -0.1) is 0 Å². The van der Waals surface area contributed by atoms with Crippen molar-refractivity contribution in [2.75, 3.05) is 26.1 Å². The van der Waals surface area contributed by atoms with Crippen molar-refractivity contribution < 1.29 is 19.4 Å². The maximum atomic E-state index is 10.7. The molecule has 0 fully saturated rings. The van der Waals surface area contributed by atoms with Crippen LogP contribution in [0.2, 0.25) is 0 Å². The quantitative estimate of drug-likeness (QED) is 0.560. The molecule has 0 unspecified atom stereocenters. The van der Waals surface area contributed by atoms with Crippen molar-refractivity contribution in [1.82, 2.24) is 0 Å². The number of anilines is 1. The van der Waals surface area contributed by atoms with Crippen molar-refractivity contribution in [3.05, 3.63) is 23.8 Å². The van der Waals surface area contributed by atoms with E-state index in [1.54, 1.807) is 7.11 Å². The molecule has 0 amide bonds. The van der Waals surface area contributed by atoms with Crippen molar-refractivity contribution in [1.29, 1.82) is 0 Å². The van der Waals surface area contributed by atoms with Gasteiger partial charge in [0.2, 0.25) is 0 Å². The Bertz CT molecular complexity index is 351. The van der Waals surface area contributed by atoms with Crippen LogP contribution < -0.4 is 10.5 Å². The van der Waals surface area contributed by atoms with Crippen molar-refractivity contribution in [3.8, 4) is 5.75 Å². The van der Waals surface area contributed by atoms with Crippen LogP contribution in [-0.4, -0.2) is 31.4 Å². The summed E-state index contributed by atoms with van der Waals surface area (Å²) in [6.45, 7) is 0.764. The highest BCUT2D eigenvalue weighted by molar-refractivity contribution is 5.89. The summed E-state index contributed by atoms with van der Waals surface area (Å²) in [7, 11) is 1.56. The summed E-state index contributed by atoms with van der Waals surface area (Å²) >= 11 is 0. The van der Waals surface area contributed by atoms with E-state index >= 15 is 0 Å². The molecule has 15 heavy (non-hydrogen) atoms. The summed E-state index contributed by atoms with van der Waals surface area (Å²) in [5.74, 6) is -0.640. The lowest BCUT2D eigenvalue weighted by Gasteiger charge is -2.08. The lowest BCUT2D eigenvalue weighted by molar-refractivity contribution is 0.0696. The monoisotopic (exact) mass is 211 g/mol. The van der Waals surface area contributed by atoms with Gasteiger partial charge in [-0.3, -0.25) is 0 Å². The molecule has 0 heterocycles. The zero-order chi connectivity index (χ0) is 11.3. The molecule has 1 aromatic carbocycles. The number of hydrogen-bond donors (Lipinski definition) is 2. The summed E-state index contributed by atoms with van der Waals surface area (Å²) < 4.78 is 10.1. The smallest absolute Gasteiger partial charge is 0.335 e. The zero-order valence-corrected chi connectivity index (χ0v) is 8.40. The van der Waals surface area contributed by atoms with Crippen LogP contribution in [0.25, 0.3) is 0 Å². The molecule has 0 aromatic heterocycles. The Labute approximate surface area is 87.4 Å². The third-order valence-corrected chi connectivity index (χ3v) is 1.81.